The van der Waals surface area contributed by atoms with E-state index in [0.717, 1.165) is 39.4 Å². The van der Waals surface area contributed by atoms with Crippen LogP contribution in [0.4, 0.5) is 0 Å². The second-order valence-corrected chi connectivity index (χ2v) is 10.8. The van der Waals surface area contributed by atoms with Gasteiger partial charge >= 0.3 is 0 Å². The van der Waals surface area contributed by atoms with Gasteiger partial charge in [0.25, 0.3) is 5.91 Å². The van der Waals surface area contributed by atoms with Gasteiger partial charge in [0.1, 0.15) is 0 Å². The molecule has 0 saturated carbocycles. The topological polar surface area (TPSA) is 108 Å². The Kier molecular flexibility index (Phi) is 5.40. The highest BCUT2D eigenvalue weighted by Gasteiger charge is 2.39. The summed E-state index contributed by atoms with van der Waals surface area (Å²) in [5, 5.41) is 14.3. The SMILES string of the molecule is CCS(=O)(=O)C1=NN2C(=N)/C(=C\c3cc(C)n(-c4ccc(Cl)cc4)c3C)C(=O)N=C2S1. The number of aromatic nitrogens is 1. The number of rotatable bonds is 3. The molecule has 4 rings (SSSR count). The number of carbonyl (C=O) groups is 1. The van der Waals surface area contributed by atoms with Crippen molar-refractivity contribution in [1.29, 1.82) is 5.41 Å². The molecule has 0 radical (unpaired) electrons. The number of amides is 1. The quantitative estimate of drug-likeness (QED) is 0.680. The van der Waals surface area contributed by atoms with E-state index in [-0.39, 0.29) is 26.7 Å². The first kappa shape index (κ1) is 21.5. The third kappa shape index (κ3) is 3.75. The van der Waals surface area contributed by atoms with E-state index in [1.165, 1.54) is 6.92 Å². The van der Waals surface area contributed by atoms with E-state index in [4.69, 9.17) is 17.0 Å². The maximum atomic E-state index is 12.6. The lowest BCUT2D eigenvalue weighted by Crippen LogP contribution is -2.35. The minimum absolute atomic E-state index is 0.0413. The Bertz CT molecular complexity index is 1320. The van der Waals surface area contributed by atoms with Crippen LogP contribution in [-0.2, 0) is 14.6 Å². The van der Waals surface area contributed by atoms with Gasteiger partial charge in [0, 0.05) is 22.1 Å². The van der Waals surface area contributed by atoms with Crippen LogP contribution >= 0.6 is 23.4 Å². The number of hydrazone groups is 1. The van der Waals surface area contributed by atoms with Crippen LogP contribution in [0.5, 0.6) is 0 Å². The Balaban J connectivity index is 1.74. The first-order valence-electron chi connectivity index (χ1n) is 9.30. The number of halogens is 1. The molecule has 1 aromatic heterocycles. The van der Waals surface area contributed by atoms with Gasteiger partial charge in [0.05, 0.1) is 11.3 Å². The molecular formula is C20H18ClN5O3S2. The third-order valence-corrected chi connectivity index (χ3v) is 8.28. The smallest absolute Gasteiger partial charge is 0.283 e. The molecule has 31 heavy (non-hydrogen) atoms. The molecule has 0 unspecified atom stereocenters. The van der Waals surface area contributed by atoms with Crippen LogP contribution in [-0.4, -0.2) is 45.0 Å². The summed E-state index contributed by atoms with van der Waals surface area (Å²) in [5.41, 5.74) is 3.52. The molecule has 1 N–H and O–H groups in total. The molecule has 8 nitrogen and oxygen atoms in total. The summed E-state index contributed by atoms with van der Waals surface area (Å²) in [6, 6.07) is 9.31. The number of hydrogen-bond donors (Lipinski definition) is 1. The minimum Gasteiger partial charge on any atom is -0.318 e. The maximum absolute atomic E-state index is 12.6. The molecule has 0 aliphatic carbocycles. The molecule has 0 bridgehead atoms. The zero-order valence-corrected chi connectivity index (χ0v) is 19.3. The van der Waals surface area contributed by atoms with Crippen LogP contribution in [0.15, 0.2) is 46.0 Å². The van der Waals surface area contributed by atoms with Gasteiger partial charge in [0.2, 0.25) is 19.4 Å². The van der Waals surface area contributed by atoms with E-state index in [1.807, 2.05) is 36.6 Å². The monoisotopic (exact) mass is 475 g/mol. The molecule has 2 aliphatic heterocycles. The highest BCUT2D eigenvalue weighted by molar-refractivity contribution is 8.42. The largest absolute Gasteiger partial charge is 0.318 e. The fourth-order valence-corrected chi connectivity index (χ4v) is 5.59. The van der Waals surface area contributed by atoms with Gasteiger partial charge in [0.15, 0.2) is 5.84 Å². The molecule has 3 heterocycles. The maximum Gasteiger partial charge on any atom is 0.283 e. The van der Waals surface area contributed by atoms with Crippen molar-refractivity contribution in [1.82, 2.24) is 9.58 Å². The number of fused-ring (bicyclic) bond motifs is 1. The molecule has 0 spiro atoms. The summed E-state index contributed by atoms with van der Waals surface area (Å²) in [5.74, 6) is -0.939. The Hall–Kier alpha value is -2.69. The number of hydrogen-bond acceptors (Lipinski definition) is 6. The van der Waals surface area contributed by atoms with Gasteiger partial charge in [-0.1, -0.05) is 18.5 Å². The summed E-state index contributed by atoms with van der Waals surface area (Å²) in [6.07, 6.45) is 1.59. The van der Waals surface area contributed by atoms with Crippen molar-refractivity contribution in [2.75, 3.05) is 5.75 Å². The molecular weight excluding hydrogens is 458 g/mol. The highest BCUT2D eigenvalue weighted by Crippen LogP contribution is 2.31. The first-order chi connectivity index (χ1) is 14.6. The molecule has 0 saturated heterocycles. The van der Waals surface area contributed by atoms with Crippen LogP contribution in [0.2, 0.25) is 5.02 Å². The number of amidine groups is 2. The van der Waals surface area contributed by atoms with Gasteiger partial charge in [-0.05, 0) is 67.6 Å². The van der Waals surface area contributed by atoms with Crippen molar-refractivity contribution < 1.29 is 13.2 Å². The number of nitrogens with one attached hydrogen (secondary N) is 1. The standard InChI is InChI=1S/C20H18ClN5O3S2/c1-4-31(28,29)20-24-26-17(22)16(18(27)23-19(26)30-20)10-13-9-11(2)25(12(13)3)15-7-5-14(21)6-8-15/h5-10,22H,4H2,1-3H3/b16-10+,22-17?. The van der Waals surface area contributed by atoms with Gasteiger partial charge in [-0.25, -0.2) is 8.42 Å². The molecule has 11 heteroatoms. The number of carbonyl (C=O) groups excluding carboxylic acids is 1. The Morgan fingerprint density at radius 1 is 1.23 bits per heavy atom. The Morgan fingerprint density at radius 3 is 2.55 bits per heavy atom. The van der Waals surface area contributed by atoms with E-state index < -0.39 is 15.7 Å². The fraction of sp³-hybridized carbons (Fsp3) is 0.200. The zero-order chi connectivity index (χ0) is 22.5. The molecule has 160 valence electrons. The molecule has 0 fully saturated rings. The molecule has 1 aromatic carbocycles. The minimum atomic E-state index is -3.57. The summed E-state index contributed by atoms with van der Waals surface area (Å²) >= 11 is 6.77. The summed E-state index contributed by atoms with van der Waals surface area (Å²) < 4.78 is 26.1. The zero-order valence-electron chi connectivity index (χ0n) is 16.9. The molecule has 2 aliphatic rings. The molecule has 0 atom stereocenters. The molecule has 2 aromatic rings. The van der Waals surface area contributed by atoms with Crippen molar-refractivity contribution in [3.63, 3.8) is 0 Å². The number of nitrogens with zero attached hydrogens (tertiary/aromatic N) is 4. The Labute approximate surface area is 188 Å². The van der Waals surface area contributed by atoms with E-state index in [2.05, 4.69) is 10.1 Å². The average Bonchev–Trinajstić information content (AvgIpc) is 3.27. The Morgan fingerprint density at radius 2 is 1.90 bits per heavy atom. The van der Waals surface area contributed by atoms with Crippen molar-refractivity contribution in [3.8, 4) is 5.69 Å². The van der Waals surface area contributed by atoms with Gasteiger partial charge in [-0.2, -0.15) is 10.0 Å². The van der Waals surface area contributed by atoms with E-state index in [9.17, 15) is 13.2 Å². The predicted octanol–water partition coefficient (Wildman–Crippen LogP) is 3.76. The highest BCUT2D eigenvalue weighted by atomic mass is 35.5. The van der Waals surface area contributed by atoms with Crippen molar-refractivity contribution in [2.24, 2.45) is 10.1 Å². The van der Waals surface area contributed by atoms with Crippen LogP contribution in [0.3, 0.4) is 0 Å². The van der Waals surface area contributed by atoms with Crippen LogP contribution in [0.25, 0.3) is 11.8 Å². The van der Waals surface area contributed by atoms with Crippen LogP contribution < -0.4 is 0 Å². The second kappa shape index (κ2) is 7.77. The van der Waals surface area contributed by atoms with Crippen LogP contribution in [0.1, 0.15) is 23.9 Å². The lowest BCUT2D eigenvalue weighted by molar-refractivity contribution is -0.114. The summed E-state index contributed by atoms with van der Waals surface area (Å²) in [7, 11) is -3.57. The number of thioether (sulfide) groups is 1. The van der Waals surface area contributed by atoms with Crippen molar-refractivity contribution in [2.45, 2.75) is 20.8 Å². The fourth-order valence-electron chi connectivity index (χ4n) is 3.30. The predicted molar refractivity (Wildman–Crippen MR) is 125 cm³/mol. The van der Waals surface area contributed by atoms with Crippen molar-refractivity contribution in [3.05, 3.63) is 57.9 Å². The van der Waals surface area contributed by atoms with Crippen molar-refractivity contribution >= 4 is 60.6 Å². The lowest BCUT2D eigenvalue weighted by Gasteiger charge is -2.20. The van der Waals surface area contributed by atoms with Gasteiger partial charge < -0.3 is 4.57 Å². The summed E-state index contributed by atoms with van der Waals surface area (Å²) in [4.78, 5) is 16.6. The van der Waals surface area contributed by atoms with E-state index in [0.29, 0.717) is 5.02 Å². The number of benzene rings is 1. The third-order valence-electron chi connectivity index (χ3n) is 4.94. The van der Waals surface area contributed by atoms with E-state index in [1.54, 1.807) is 18.2 Å². The van der Waals surface area contributed by atoms with Gasteiger partial charge in [-0.15, -0.1) is 5.10 Å². The number of sulfone groups is 1. The summed E-state index contributed by atoms with van der Waals surface area (Å²) in [6.45, 7) is 5.36. The first-order valence-corrected chi connectivity index (χ1v) is 12.1. The van der Waals surface area contributed by atoms with E-state index >= 15 is 0 Å². The van der Waals surface area contributed by atoms with Crippen LogP contribution in [0, 0.1) is 19.3 Å². The second-order valence-electron chi connectivity index (χ2n) is 6.93. The molecule has 1 amide bonds. The van der Waals surface area contributed by atoms with Gasteiger partial charge in [-0.3, -0.25) is 10.2 Å². The number of aryl methyl sites for hydroxylation is 1. The average molecular weight is 476 g/mol. The number of aliphatic imine (C=N–C) groups is 1. The lowest BCUT2D eigenvalue weighted by atomic mass is 10.1. The normalized spacial score (nSPS) is 17.8.